The molecular weight excluding hydrogens is 264 g/mol. The van der Waals surface area contributed by atoms with Gasteiger partial charge in [-0.2, -0.15) is 0 Å². The van der Waals surface area contributed by atoms with Gasteiger partial charge in [-0.3, -0.25) is 5.43 Å². The summed E-state index contributed by atoms with van der Waals surface area (Å²) in [5, 5.41) is 3.02. The smallest absolute Gasteiger partial charge is 0.210 e. The second kappa shape index (κ2) is 6.03. The third-order valence-electron chi connectivity index (χ3n) is 2.92. The lowest BCUT2D eigenvalue weighted by molar-refractivity contribution is 0.552. The largest absolute Gasteiger partial charge is 0.325 e. The normalized spacial score (nSPS) is 22.8. The van der Waals surface area contributed by atoms with Crippen LogP contribution in [0.15, 0.2) is 35.3 Å². The van der Waals surface area contributed by atoms with Crippen molar-refractivity contribution in [3.63, 3.8) is 0 Å². The Balaban J connectivity index is 2.06. The number of anilines is 1. The molecule has 1 fully saturated rings. The van der Waals surface area contributed by atoms with Crippen molar-refractivity contribution in [3.8, 4) is 0 Å². The zero-order chi connectivity index (χ0) is 13.7. The molecule has 0 radical (unpaired) electrons. The third kappa shape index (κ3) is 4.22. The Hall–Kier alpha value is -1.60. The van der Waals surface area contributed by atoms with Gasteiger partial charge in [-0.05, 0) is 25.0 Å². The number of hydrogen-bond acceptors (Lipinski definition) is 4. The number of sulfone groups is 1. The van der Waals surface area contributed by atoms with E-state index in [9.17, 15) is 8.42 Å². The molecule has 1 aromatic carbocycles. The Morgan fingerprint density at radius 3 is 2.68 bits per heavy atom. The standard InChI is InChI=1S/C12H18N4O2S/c13-16-12(14-10-5-2-1-3-6-10)15-11-7-4-8-19(17,18)9-11/h1-3,5-6,11H,4,7-9,13H2,(H2,14,15,16). The minimum absolute atomic E-state index is 0.0919. The van der Waals surface area contributed by atoms with Crippen LogP contribution in [0.4, 0.5) is 5.69 Å². The lowest BCUT2D eigenvalue weighted by atomic mass is 10.2. The van der Waals surface area contributed by atoms with Gasteiger partial charge in [0.15, 0.2) is 9.84 Å². The molecule has 0 saturated carbocycles. The summed E-state index contributed by atoms with van der Waals surface area (Å²) in [6.07, 6.45) is 1.42. The highest BCUT2D eigenvalue weighted by molar-refractivity contribution is 7.91. The lowest BCUT2D eigenvalue weighted by Crippen LogP contribution is -2.39. The molecule has 0 spiro atoms. The second-order valence-electron chi connectivity index (χ2n) is 4.52. The second-order valence-corrected chi connectivity index (χ2v) is 6.75. The highest BCUT2D eigenvalue weighted by atomic mass is 32.2. The Bertz CT molecular complexity index is 542. The fourth-order valence-corrected chi connectivity index (χ4v) is 3.65. The summed E-state index contributed by atoms with van der Waals surface area (Å²) in [6.45, 7) is 0. The predicted molar refractivity (Wildman–Crippen MR) is 76.5 cm³/mol. The van der Waals surface area contributed by atoms with Crippen LogP contribution in [0.2, 0.25) is 0 Å². The van der Waals surface area contributed by atoms with Crippen LogP contribution in [0.1, 0.15) is 12.8 Å². The maximum atomic E-state index is 11.5. The van der Waals surface area contributed by atoms with E-state index in [1.807, 2.05) is 30.3 Å². The fourth-order valence-electron chi connectivity index (χ4n) is 2.05. The number of hydrogen-bond donors (Lipinski definition) is 3. The Morgan fingerprint density at radius 2 is 2.05 bits per heavy atom. The SMILES string of the molecule is NNC(=NC1CCCS(=O)(=O)C1)Nc1ccccc1. The lowest BCUT2D eigenvalue weighted by Gasteiger charge is -2.20. The van der Waals surface area contributed by atoms with Gasteiger partial charge in [-0.25, -0.2) is 19.3 Å². The number of nitrogens with one attached hydrogen (secondary N) is 2. The molecule has 0 amide bonds. The number of benzene rings is 1. The highest BCUT2D eigenvalue weighted by Crippen LogP contribution is 2.15. The summed E-state index contributed by atoms with van der Waals surface area (Å²) >= 11 is 0. The van der Waals surface area contributed by atoms with Gasteiger partial charge in [0.2, 0.25) is 5.96 Å². The van der Waals surface area contributed by atoms with Crippen molar-refractivity contribution in [2.45, 2.75) is 18.9 Å². The van der Waals surface area contributed by atoms with Crippen LogP contribution in [0, 0.1) is 0 Å². The Morgan fingerprint density at radius 1 is 1.32 bits per heavy atom. The third-order valence-corrected chi connectivity index (χ3v) is 4.73. The number of rotatable bonds is 2. The van der Waals surface area contributed by atoms with Crippen LogP contribution in [0.25, 0.3) is 0 Å². The van der Waals surface area contributed by atoms with Crippen molar-refractivity contribution in [3.05, 3.63) is 30.3 Å². The van der Waals surface area contributed by atoms with Crippen LogP contribution < -0.4 is 16.6 Å². The van der Waals surface area contributed by atoms with Crippen molar-refractivity contribution in [1.29, 1.82) is 0 Å². The zero-order valence-corrected chi connectivity index (χ0v) is 11.4. The van der Waals surface area contributed by atoms with E-state index in [1.54, 1.807) is 0 Å². The summed E-state index contributed by atoms with van der Waals surface area (Å²) in [4.78, 5) is 4.34. The Labute approximate surface area is 113 Å². The van der Waals surface area contributed by atoms with Crippen LogP contribution in [0.5, 0.6) is 0 Å². The van der Waals surface area contributed by atoms with Crippen LogP contribution in [0.3, 0.4) is 0 Å². The summed E-state index contributed by atoms with van der Waals surface area (Å²) in [7, 11) is -2.96. The molecule has 1 atom stereocenters. The molecule has 6 nitrogen and oxygen atoms in total. The van der Waals surface area contributed by atoms with Crippen LogP contribution in [-0.4, -0.2) is 31.9 Å². The number of aliphatic imine (C=N–C) groups is 1. The predicted octanol–water partition coefficient (Wildman–Crippen LogP) is 0.495. The average Bonchev–Trinajstić information content (AvgIpc) is 2.38. The zero-order valence-electron chi connectivity index (χ0n) is 10.5. The molecule has 7 heteroatoms. The van der Waals surface area contributed by atoms with Gasteiger partial charge in [0.05, 0.1) is 17.5 Å². The molecule has 1 aliphatic heterocycles. The molecule has 0 aliphatic carbocycles. The molecule has 4 N–H and O–H groups in total. The summed E-state index contributed by atoms with van der Waals surface area (Å²) in [5.74, 6) is 6.15. The quantitative estimate of drug-likeness (QED) is 0.317. The summed E-state index contributed by atoms with van der Waals surface area (Å²) < 4.78 is 23.1. The molecule has 1 saturated heterocycles. The van der Waals surface area contributed by atoms with E-state index in [0.717, 1.165) is 12.1 Å². The first kappa shape index (κ1) is 13.8. The first-order chi connectivity index (χ1) is 9.09. The molecule has 1 unspecified atom stereocenters. The maximum absolute atomic E-state index is 11.5. The van der Waals surface area contributed by atoms with E-state index in [-0.39, 0.29) is 17.5 Å². The highest BCUT2D eigenvalue weighted by Gasteiger charge is 2.24. The molecule has 0 bridgehead atoms. The van der Waals surface area contributed by atoms with Crippen LogP contribution >= 0.6 is 0 Å². The minimum Gasteiger partial charge on any atom is -0.325 e. The number of hydrazine groups is 1. The maximum Gasteiger partial charge on any atom is 0.210 e. The van der Waals surface area contributed by atoms with Gasteiger partial charge < -0.3 is 5.32 Å². The molecular formula is C12H18N4O2S. The molecule has 2 rings (SSSR count). The summed E-state index contributed by atoms with van der Waals surface area (Å²) in [6, 6.07) is 9.21. The van der Waals surface area contributed by atoms with E-state index in [1.165, 1.54) is 0 Å². The van der Waals surface area contributed by atoms with Crippen LogP contribution in [-0.2, 0) is 9.84 Å². The molecule has 1 aromatic rings. The van der Waals surface area contributed by atoms with Gasteiger partial charge in [-0.1, -0.05) is 18.2 Å². The van der Waals surface area contributed by atoms with Gasteiger partial charge in [0.25, 0.3) is 0 Å². The number of nitrogens with zero attached hydrogens (tertiary/aromatic N) is 1. The number of nitrogens with two attached hydrogens (primary N) is 1. The molecule has 104 valence electrons. The first-order valence-corrected chi connectivity index (χ1v) is 7.98. The van der Waals surface area contributed by atoms with E-state index in [0.29, 0.717) is 12.4 Å². The van der Waals surface area contributed by atoms with Crippen molar-refractivity contribution < 1.29 is 8.42 Å². The monoisotopic (exact) mass is 282 g/mol. The Kier molecular flexibility index (Phi) is 4.39. The van der Waals surface area contributed by atoms with Crippen molar-refractivity contribution in [2.75, 3.05) is 16.8 Å². The first-order valence-electron chi connectivity index (χ1n) is 6.16. The van der Waals surface area contributed by atoms with Gasteiger partial charge in [0.1, 0.15) is 0 Å². The topological polar surface area (TPSA) is 96.6 Å². The minimum atomic E-state index is -2.96. The van der Waals surface area contributed by atoms with Gasteiger partial charge in [-0.15, -0.1) is 0 Å². The summed E-state index contributed by atoms with van der Waals surface area (Å²) in [5.41, 5.74) is 3.31. The van der Waals surface area contributed by atoms with Crippen molar-refractivity contribution in [2.24, 2.45) is 10.8 Å². The van der Waals surface area contributed by atoms with E-state index >= 15 is 0 Å². The average molecular weight is 282 g/mol. The fraction of sp³-hybridized carbons (Fsp3) is 0.417. The van der Waals surface area contributed by atoms with Gasteiger partial charge >= 0.3 is 0 Å². The van der Waals surface area contributed by atoms with E-state index < -0.39 is 9.84 Å². The van der Waals surface area contributed by atoms with Crippen molar-refractivity contribution >= 4 is 21.5 Å². The van der Waals surface area contributed by atoms with Gasteiger partial charge in [0, 0.05) is 5.69 Å². The molecule has 1 heterocycles. The van der Waals surface area contributed by atoms with E-state index in [4.69, 9.17) is 5.84 Å². The van der Waals surface area contributed by atoms with Crippen molar-refractivity contribution in [1.82, 2.24) is 5.43 Å². The number of guanidine groups is 1. The van der Waals surface area contributed by atoms with E-state index in [2.05, 4.69) is 15.7 Å². The molecule has 1 aliphatic rings. The molecule has 19 heavy (non-hydrogen) atoms. The molecule has 0 aromatic heterocycles. The number of para-hydroxylation sites is 1.